The monoisotopic (exact) mass is 327 g/mol. The molecule has 2 heterocycles. The Morgan fingerprint density at radius 1 is 1.17 bits per heavy atom. The number of hydrogen-bond acceptors (Lipinski definition) is 3. The number of nitrogens with zero attached hydrogens (tertiary/aromatic N) is 1. The molecule has 1 fully saturated rings. The van der Waals surface area contributed by atoms with Gasteiger partial charge in [-0.15, -0.1) is 11.3 Å². The molecular weight excluding hydrogens is 306 g/mol. The molecule has 1 aliphatic heterocycles. The van der Waals surface area contributed by atoms with Crippen LogP contribution >= 0.6 is 11.3 Å². The van der Waals surface area contributed by atoms with Crippen LogP contribution in [0.15, 0.2) is 35.7 Å². The van der Waals surface area contributed by atoms with E-state index in [2.05, 4.69) is 5.38 Å². The van der Waals surface area contributed by atoms with Gasteiger partial charge in [0.05, 0.1) is 11.4 Å². The number of thiophene rings is 1. The number of β-amino-alcohol motifs (C(OH)–C–C–N with tert-alkyl or cyclic N) is 1. The van der Waals surface area contributed by atoms with Gasteiger partial charge in [-0.1, -0.05) is 30.3 Å². The molecule has 0 saturated carbocycles. The highest BCUT2D eigenvalue weighted by molar-refractivity contribution is 7.12. The zero-order valence-corrected chi connectivity index (χ0v) is 13.9. The highest BCUT2D eigenvalue weighted by Gasteiger charge is 2.40. The summed E-state index contributed by atoms with van der Waals surface area (Å²) < 4.78 is 0. The van der Waals surface area contributed by atoms with Crippen LogP contribution in [0.4, 0.5) is 0 Å². The van der Waals surface area contributed by atoms with Crippen LogP contribution in [0.2, 0.25) is 0 Å². The van der Waals surface area contributed by atoms with Crippen LogP contribution in [0.3, 0.4) is 0 Å². The fourth-order valence-corrected chi connectivity index (χ4v) is 4.92. The second-order valence-electron chi connectivity index (χ2n) is 6.65. The van der Waals surface area contributed by atoms with E-state index in [0.29, 0.717) is 19.5 Å². The molecule has 120 valence electrons. The normalized spacial score (nSPS) is 23.8. The summed E-state index contributed by atoms with van der Waals surface area (Å²) in [6.45, 7) is 1.01. The van der Waals surface area contributed by atoms with Crippen LogP contribution in [0.1, 0.15) is 45.6 Å². The summed E-state index contributed by atoms with van der Waals surface area (Å²) in [5.41, 5.74) is 2.63. The number of hydrogen-bond donors (Lipinski definition) is 1. The second kappa shape index (κ2) is 5.77. The van der Waals surface area contributed by atoms with Gasteiger partial charge in [0.1, 0.15) is 5.60 Å². The largest absolute Gasteiger partial charge is 0.383 e. The molecule has 0 bridgehead atoms. The van der Waals surface area contributed by atoms with Gasteiger partial charge < -0.3 is 10.0 Å². The van der Waals surface area contributed by atoms with E-state index in [1.54, 1.807) is 11.3 Å². The van der Waals surface area contributed by atoms with Gasteiger partial charge in [0.2, 0.25) is 0 Å². The zero-order valence-electron chi connectivity index (χ0n) is 13.1. The molecule has 1 atom stereocenters. The van der Waals surface area contributed by atoms with E-state index in [1.807, 2.05) is 35.2 Å². The van der Waals surface area contributed by atoms with Crippen LogP contribution in [0, 0.1) is 0 Å². The number of rotatable bonds is 2. The molecule has 1 unspecified atom stereocenters. The predicted molar refractivity (Wildman–Crippen MR) is 91.8 cm³/mol. The summed E-state index contributed by atoms with van der Waals surface area (Å²) >= 11 is 1.58. The number of aliphatic hydroxyl groups is 1. The third kappa shape index (κ3) is 2.60. The van der Waals surface area contributed by atoms with Crippen LogP contribution in [0.5, 0.6) is 0 Å². The standard InChI is InChI=1S/C19H21NO2S/c21-18(17-16-9-5-4-6-14(16)12-23-17)20-11-10-19(22,13-20)15-7-2-1-3-8-15/h1-3,7-8,12,22H,4-6,9-11,13H2. The minimum atomic E-state index is -0.908. The van der Waals surface area contributed by atoms with Gasteiger partial charge in [-0.3, -0.25) is 4.79 Å². The van der Waals surface area contributed by atoms with Crippen LogP contribution in [0.25, 0.3) is 0 Å². The Hall–Kier alpha value is -1.65. The first-order chi connectivity index (χ1) is 11.2. The minimum absolute atomic E-state index is 0.102. The van der Waals surface area contributed by atoms with Crippen LogP contribution in [-0.2, 0) is 18.4 Å². The van der Waals surface area contributed by atoms with Gasteiger partial charge in [-0.25, -0.2) is 0 Å². The number of carbonyl (C=O) groups is 1. The molecule has 4 heteroatoms. The Bertz CT molecular complexity index is 724. The highest BCUT2D eigenvalue weighted by atomic mass is 32.1. The molecule has 23 heavy (non-hydrogen) atoms. The Balaban J connectivity index is 1.56. The van der Waals surface area contributed by atoms with Crippen LogP contribution < -0.4 is 0 Å². The Kier molecular flexibility index (Phi) is 3.74. The lowest BCUT2D eigenvalue weighted by Gasteiger charge is -2.24. The predicted octanol–water partition coefficient (Wildman–Crippen LogP) is 3.36. The van der Waals surface area contributed by atoms with Crippen molar-refractivity contribution in [1.82, 2.24) is 4.90 Å². The topological polar surface area (TPSA) is 40.5 Å². The lowest BCUT2D eigenvalue weighted by molar-refractivity contribution is 0.0418. The Labute approximate surface area is 140 Å². The first-order valence-corrected chi connectivity index (χ1v) is 9.22. The summed E-state index contributed by atoms with van der Waals surface area (Å²) in [7, 11) is 0. The van der Waals surface area contributed by atoms with Gasteiger partial charge >= 0.3 is 0 Å². The minimum Gasteiger partial charge on any atom is -0.383 e. The molecule has 1 aromatic heterocycles. The lowest BCUT2D eigenvalue weighted by Crippen LogP contribution is -2.34. The molecule has 2 aliphatic rings. The van der Waals surface area contributed by atoms with Gasteiger partial charge in [0.15, 0.2) is 0 Å². The van der Waals surface area contributed by atoms with Crippen molar-refractivity contribution in [3.05, 3.63) is 57.3 Å². The average Bonchev–Trinajstić information content (AvgIpc) is 3.20. The van der Waals surface area contributed by atoms with Crippen molar-refractivity contribution in [2.24, 2.45) is 0 Å². The maximum absolute atomic E-state index is 12.9. The van der Waals surface area contributed by atoms with Gasteiger partial charge in [0.25, 0.3) is 5.91 Å². The number of aryl methyl sites for hydroxylation is 1. The van der Waals surface area contributed by atoms with Crippen molar-refractivity contribution in [3.8, 4) is 0 Å². The molecule has 0 radical (unpaired) electrons. The van der Waals surface area contributed by atoms with E-state index >= 15 is 0 Å². The van der Waals surface area contributed by atoms with E-state index in [0.717, 1.165) is 23.3 Å². The molecule has 1 aromatic carbocycles. The van der Waals surface area contributed by atoms with Crippen molar-refractivity contribution >= 4 is 17.2 Å². The SMILES string of the molecule is O=C(c1scc2c1CCCC2)N1CCC(O)(c2ccccc2)C1. The molecule has 1 saturated heterocycles. The molecule has 1 N–H and O–H groups in total. The lowest BCUT2D eigenvalue weighted by atomic mass is 9.93. The number of fused-ring (bicyclic) bond motifs is 1. The van der Waals surface area contributed by atoms with Crippen molar-refractivity contribution < 1.29 is 9.90 Å². The first kappa shape index (κ1) is 14.9. The summed E-state index contributed by atoms with van der Waals surface area (Å²) in [5.74, 6) is 0.102. The van der Waals surface area contributed by atoms with E-state index in [4.69, 9.17) is 0 Å². The fourth-order valence-electron chi connectivity index (χ4n) is 3.79. The van der Waals surface area contributed by atoms with Crippen molar-refractivity contribution in [2.45, 2.75) is 37.7 Å². The summed E-state index contributed by atoms with van der Waals surface area (Å²) in [6.07, 6.45) is 5.15. The molecule has 2 aromatic rings. The number of carbonyl (C=O) groups excluding carboxylic acids is 1. The van der Waals surface area contributed by atoms with E-state index < -0.39 is 5.60 Å². The fraction of sp³-hybridized carbons (Fsp3) is 0.421. The van der Waals surface area contributed by atoms with Gasteiger partial charge in [-0.05, 0) is 54.2 Å². The number of amides is 1. The zero-order chi connectivity index (χ0) is 15.9. The highest BCUT2D eigenvalue weighted by Crippen LogP contribution is 2.35. The van der Waals surface area contributed by atoms with Crippen molar-refractivity contribution in [1.29, 1.82) is 0 Å². The number of benzene rings is 1. The third-order valence-corrected chi connectivity index (χ3v) is 6.20. The van der Waals surface area contributed by atoms with Gasteiger partial charge in [-0.2, -0.15) is 0 Å². The van der Waals surface area contributed by atoms with Crippen LogP contribution in [-0.4, -0.2) is 29.0 Å². The smallest absolute Gasteiger partial charge is 0.264 e. The molecular formula is C19H21NO2S. The molecule has 4 rings (SSSR count). The van der Waals surface area contributed by atoms with E-state index in [1.165, 1.54) is 24.0 Å². The summed E-state index contributed by atoms with van der Waals surface area (Å²) in [4.78, 5) is 15.7. The third-order valence-electron chi connectivity index (χ3n) is 5.14. The molecule has 1 amide bonds. The number of likely N-dealkylation sites (tertiary alicyclic amines) is 1. The Morgan fingerprint density at radius 3 is 2.78 bits per heavy atom. The second-order valence-corrected chi connectivity index (χ2v) is 7.53. The van der Waals surface area contributed by atoms with Gasteiger partial charge in [0, 0.05) is 6.54 Å². The maximum Gasteiger partial charge on any atom is 0.264 e. The van der Waals surface area contributed by atoms with Crippen molar-refractivity contribution in [3.63, 3.8) is 0 Å². The van der Waals surface area contributed by atoms with E-state index in [9.17, 15) is 9.90 Å². The molecule has 1 aliphatic carbocycles. The molecule has 3 nitrogen and oxygen atoms in total. The average molecular weight is 327 g/mol. The van der Waals surface area contributed by atoms with E-state index in [-0.39, 0.29) is 5.91 Å². The summed E-state index contributed by atoms with van der Waals surface area (Å²) in [5, 5.41) is 13.1. The Morgan fingerprint density at radius 2 is 1.96 bits per heavy atom. The van der Waals surface area contributed by atoms with Crippen molar-refractivity contribution in [2.75, 3.05) is 13.1 Å². The first-order valence-electron chi connectivity index (χ1n) is 8.34. The summed E-state index contributed by atoms with van der Waals surface area (Å²) in [6, 6.07) is 9.71. The maximum atomic E-state index is 12.9. The quantitative estimate of drug-likeness (QED) is 0.919. The molecule has 0 spiro atoms.